The number of aliphatic hydroxyl groups is 2. The number of carbonyl (C=O) groups excluding carboxylic acids is 12. The minimum absolute atomic E-state index is 0.0326. The Hall–Kier alpha value is -7.40. The third-order valence-electron chi connectivity index (χ3n) is 16.9. The first-order valence-electron chi connectivity index (χ1n) is 31.3. The summed E-state index contributed by atoms with van der Waals surface area (Å²) in [5.74, 6) is -14.2. The van der Waals surface area contributed by atoms with Gasteiger partial charge in [0.05, 0.1) is 19.3 Å². The predicted molar refractivity (Wildman–Crippen MR) is 326 cm³/mol. The normalized spacial score (nSPS) is 22.8. The second-order valence-electron chi connectivity index (χ2n) is 23.8. The zero-order chi connectivity index (χ0) is 67.6. The number of aliphatic hydroxyl groups excluding tert-OH is 2. The highest BCUT2D eigenvalue weighted by Crippen LogP contribution is 2.48. The number of nitrogens with two attached hydrogens (primary N) is 1. The first-order chi connectivity index (χ1) is 42.6. The fraction of sp³-hybridized carbons (Fsp3) is 0.705. The van der Waals surface area contributed by atoms with Gasteiger partial charge >= 0.3 is 5.97 Å². The van der Waals surface area contributed by atoms with Crippen molar-refractivity contribution >= 4 is 70.9 Å². The van der Waals surface area contributed by atoms with E-state index in [1.807, 2.05) is 37.3 Å². The molecular formula is C61H98F2N12O15. The maximum atomic E-state index is 14.5. The summed E-state index contributed by atoms with van der Waals surface area (Å²) >= 11 is 0. The fourth-order valence-electron chi connectivity index (χ4n) is 10.2. The Labute approximate surface area is 525 Å². The Morgan fingerprint density at radius 3 is 1.70 bits per heavy atom. The molecule has 0 bridgehead atoms. The van der Waals surface area contributed by atoms with Crippen molar-refractivity contribution < 1.29 is 81.3 Å². The van der Waals surface area contributed by atoms with E-state index in [1.54, 1.807) is 48.6 Å². The molecule has 1 aromatic carbocycles. The van der Waals surface area contributed by atoms with Gasteiger partial charge in [-0.2, -0.15) is 0 Å². The molecule has 2 aliphatic rings. The summed E-state index contributed by atoms with van der Waals surface area (Å²) in [4.78, 5) is 166. The van der Waals surface area contributed by atoms with Gasteiger partial charge in [-0.05, 0) is 75.8 Å². The quantitative estimate of drug-likeness (QED) is 0.0295. The molecule has 16 atom stereocenters. The van der Waals surface area contributed by atoms with Gasteiger partial charge < -0.3 is 79.2 Å². The summed E-state index contributed by atoms with van der Waals surface area (Å²) < 4.78 is 32.8. The molecule has 0 radical (unpaired) electrons. The van der Waals surface area contributed by atoms with Crippen LogP contribution in [0.15, 0.2) is 30.3 Å². The van der Waals surface area contributed by atoms with Crippen LogP contribution >= 0.6 is 0 Å². The zero-order valence-corrected chi connectivity index (χ0v) is 53.5. The lowest BCUT2D eigenvalue weighted by atomic mass is 9.96. The van der Waals surface area contributed by atoms with E-state index in [2.05, 4.69) is 58.5 Å². The van der Waals surface area contributed by atoms with Crippen molar-refractivity contribution in [1.29, 1.82) is 0 Å². The number of esters is 1. The smallest absolute Gasteiger partial charge is 0.329 e. The monoisotopic (exact) mass is 1280 g/mol. The van der Waals surface area contributed by atoms with Crippen LogP contribution in [-0.4, -0.2) is 180 Å². The SMILES string of the molecule is CCCCCCC[C@H](NC(=O)[C@H](NC(=O)[C@@H](CCC(N)=O)NC(=O)[C@H](CO)NC(=O)[C@@H](NC(=O)[C@@H](Cc1ccccc1)NC)[C@@H](C)CC)[C@@H](C)CC)C(=O)N[C@@H](CO)C(=O)N[C@H]1C(=O)N[C@@H](C)C(=O)N[C@@]2(C[C@H]2CC(F)F)C(=O)N[C@@H]([C@@H](C)CC)C(=O)O[C@H]1C. The number of ether oxygens (including phenoxy) is 1. The van der Waals surface area contributed by atoms with Gasteiger partial charge in [0.2, 0.25) is 71.4 Å². The number of nitrogens with one attached hydrogen (secondary N) is 11. The van der Waals surface area contributed by atoms with E-state index in [0.717, 1.165) is 24.8 Å². The molecule has 0 unspecified atom stereocenters. The zero-order valence-electron chi connectivity index (χ0n) is 53.5. The number of amides is 11. The van der Waals surface area contributed by atoms with Crippen LogP contribution in [0.1, 0.15) is 151 Å². The Morgan fingerprint density at radius 2 is 1.17 bits per heavy atom. The van der Waals surface area contributed by atoms with E-state index < -0.39 is 206 Å². The van der Waals surface area contributed by atoms with E-state index in [4.69, 9.17) is 10.5 Å². The number of primary amides is 1. The molecule has 1 aliphatic heterocycles. The Balaban J connectivity index is 1.89. The summed E-state index contributed by atoms with van der Waals surface area (Å²) in [6.07, 6.45) is -1.53. The average Bonchev–Trinajstić information content (AvgIpc) is 1.58. The molecule has 1 aliphatic carbocycles. The molecule has 1 spiro atoms. The largest absolute Gasteiger partial charge is 0.458 e. The van der Waals surface area contributed by atoms with Gasteiger partial charge in [0, 0.05) is 12.8 Å². The van der Waals surface area contributed by atoms with E-state index in [0.29, 0.717) is 32.1 Å². The number of benzene rings is 1. The molecule has 27 nitrogen and oxygen atoms in total. The number of rotatable bonds is 36. The van der Waals surface area contributed by atoms with Crippen LogP contribution in [0.4, 0.5) is 8.78 Å². The van der Waals surface area contributed by atoms with E-state index in [-0.39, 0.29) is 19.3 Å². The molecule has 3 rings (SSSR count). The number of hydrogen-bond acceptors (Lipinski definition) is 16. The van der Waals surface area contributed by atoms with E-state index in [9.17, 15) is 76.5 Å². The van der Waals surface area contributed by atoms with Gasteiger partial charge in [0.1, 0.15) is 66.0 Å². The molecule has 11 amide bonds. The molecule has 1 saturated carbocycles. The van der Waals surface area contributed by atoms with Crippen LogP contribution in [0.2, 0.25) is 0 Å². The molecule has 1 heterocycles. The first-order valence-corrected chi connectivity index (χ1v) is 31.3. The van der Waals surface area contributed by atoms with E-state index >= 15 is 0 Å². The summed E-state index contributed by atoms with van der Waals surface area (Å²) in [6, 6.07) is -5.52. The third kappa shape index (κ3) is 23.1. The third-order valence-corrected chi connectivity index (χ3v) is 16.9. The second-order valence-corrected chi connectivity index (χ2v) is 23.8. The number of likely N-dealkylation sites (N-methyl/N-ethyl adjacent to an activating group) is 1. The molecular weight excluding hydrogens is 1180 g/mol. The topological polar surface area (TPSA) is 413 Å². The molecule has 506 valence electrons. The standard InChI is InChI=1S/C61H98F2N12O15/c1-11-15-16-17-21-24-39(51(80)69-43(31-77)55(84)73-49-36(9)90-59(88)48(34(7)14-4)74-60(89)61(29-38(61)28-44(62)63)75-50(79)35(8)66-58(49)87)68-56(85)46(32(5)12-2)71-52(81)40(25-26-45(64)78)67-54(83)42(30-76)70-57(86)47(33(6)13-3)72-53(82)41(65-10)27-37-22-19-18-20-23-37/h18-20,22-23,32-36,38-44,46-49,65,76-77H,11-17,21,24-31H2,1-10H3,(H2,64,78)(H,66,87)(H,67,83)(H,68,85)(H,69,80)(H,70,86)(H,71,81)(H,72,82)(H,73,84)(H,74,89)(H,75,79)/t32-,33-,34-,35-,36-,38+,39-,40+,41+,42-,43-,46+,47-,48-,49+,61+/m0/s1. The second kappa shape index (κ2) is 37.7. The Kier molecular flexibility index (Phi) is 32.2. The molecule has 1 aromatic rings. The maximum absolute atomic E-state index is 14.5. The number of hydrogen-bond donors (Lipinski definition) is 14. The van der Waals surface area contributed by atoms with Crippen molar-refractivity contribution in [2.75, 3.05) is 20.3 Å². The predicted octanol–water partition coefficient (Wildman–Crippen LogP) is -0.576. The van der Waals surface area contributed by atoms with Crippen LogP contribution in [-0.2, 0) is 68.7 Å². The number of alkyl halides is 2. The van der Waals surface area contributed by atoms with Gasteiger partial charge in [-0.25, -0.2) is 13.6 Å². The van der Waals surface area contributed by atoms with Crippen molar-refractivity contribution in [3.63, 3.8) is 0 Å². The number of unbranched alkanes of at least 4 members (excludes halogenated alkanes) is 4. The Bertz CT molecular complexity index is 2610. The minimum Gasteiger partial charge on any atom is -0.458 e. The highest BCUT2D eigenvalue weighted by atomic mass is 19.3. The number of cyclic esters (lactones) is 1. The van der Waals surface area contributed by atoms with E-state index in [1.165, 1.54) is 13.8 Å². The summed E-state index contributed by atoms with van der Waals surface area (Å²) in [7, 11) is 1.59. The number of halogens is 2. The molecule has 1 saturated heterocycles. The van der Waals surface area contributed by atoms with Crippen LogP contribution in [0.5, 0.6) is 0 Å². The fourth-order valence-corrected chi connectivity index (χ4v) is 10.2. The van der Waals surface area contributed by atoms with Gasteiger partial charge in [-0.1, -0.05) is 130 Å². The van der Waals surface area contributed by atoms with Crippen LogP contribution in [0.25, 0.3) is 0 Å². The van der Waals surface area contributed by atoms with Crippen LogP contribution in [0, 0.1) is 23.7 Å². The lowest BCUT2D eigenvalue weighted by Gasteiger charge is -2.30. The van der Waals surface area contributed by atoms with Gasteiger partial charge in [-0.3, -0.25) is 52.7 Å². The van der Waals surface area contributed by atoms with Crippen molar-refractivity contribution in [1.82, 2.24) is 58.5 Å². The lowest BCUT2D eigenvalue weighted by Crippen LogP contribution is -2.63. The Morgan fingerprint density at radius 1 is 0.656 bits per heavy atom. The van der Waals surface area contributed by atoms with Crippen molar-refractivity contribution in [3.8, 4) is 0 Å². The van der Waals surface area contributed by atoms with Gasteiger partial charge in [0.25, 0.3) is 0 Å². The van der Waals surface area contributed by atoms with Gasteiger partial charge in [-0.15, -0.1) is 0 Å². The first kappa shape index (κ1) is 76.8. The highest BCUT2D eigenvalue weighted by molar-refractivity contribution is 6.01. The number of carbonyl (C=O) groups is 12. The van der Waals surface area contributed by atoms with Crippen molar-refractivity contribution in [2.24, 2.45) is 29.4 Å². The molecule has 90 heavy (non-hydrogen) atoms. The summed E-state index contributed by atoms with van der Waals surface area (Å²) in [5, 5.41) is 49.1. The van der Waals surface area contributed by atoms with Crippen LogP contribution in [0.3, 0.4) is 0 Å². The molecule has 29 heteroatoms. The molecule has 2 fully saturated rings. The molecule has 15 N–H and O–H groups in total. The average molecular weight is 1280 g/mol. The van der Waals surface area contributed by atoms with Crippen LogP contribution < -0.4 is 64.2 Å². The lowest BCUT2D eigenvalue weighted by molar-refractivity contribution is -0.157. The van der Waals surface area contributed by atoms with Crippen molar-refractivity contribution in [3.05, 3.63) is 35.9 Å². The maximum Gasteiger partial charge on any atom is 0.329 e. The summed E-state index contributed by atoms with van der Waals surface area (Å²) in [6.45, 7) is 12.5. The highest BCUT2D eigenvalue weighted by Gasteiger charge is 2.62. The minimum atomic E-state index is -2.83. The van der Waals surface area contributed by atoms with Gasteiger partial charge in [0.15, 0.2) is 0 Å². The molecule has 0 aromatic heterocycles. The van der Waals surface area contributed by atoms with Crippen molar-refractivity contribution in [2.45, 2.75) is 231 Å². The summed E-state index contributed by atoms with van der Waals surface area (Å²) in [5.41, 5.74) is 4.48.